The molecule has 2 rings (SSSR count). The van der Waals surface area contributed by atoms with Crippen LogP contribution in [0.4, 0.5) is 5.13 Å². The van der Waals surface area contributed by atoms with Gasteiger partial charge in [0.05, 0.1) is 5.69 Å². The van der Waals surface area contributed by atoms with Gasteiger partial charge in [0.2, 0.25) is 0 Å². The van der Waals surface area contributed by atoms with E-state index in [-0.39, 0.29) is 0 Å². The Bertz CT molecular complexity index is 477. The van der Waals surface area contributed by atoms with Crippen molar-refractivity contribution >= 4 is 22.4 Å². The number of anilines is 1. The molecule has 1 aromatic rings. The Labute approximate surface area is 123 Å². The maximum absolute atomic E-state index is 10.9. The minimum atomic E-state index is -1.04. The number of rotatable bonds is 4. The van der Waals surface area contributed by atoms with Crippen molar-refractivity contribution in [2.24, 2.45) is 11.1 Å². The highest BCUT2D eigenvalue weighted by Gasteiger charge is 2.30. The van der Waals surface area contributed by atoms with Crippen molar-refractivity contribution in [3.05, 3.63) is 11.1 Å². The summed E-state index contributed by atoms with van der Waals surface area (Å²) in [5.41, 5.74) is 6.48. The van der Waals surface area contributed by atoms with E-state index in [4.69, 9.17) is 10.8 Å². The van der Waals surface area contributed by atoms with Crippen molar-refractivity contribution in [3.63, 3.8) is 0 Å². The lowest BCUT2D eigenvalue weighted by Gasteiger charge is -2.38. The maximum Gasteiger partial charge on any atom is 0.326 e. The molecule has 1 saturated carbocycles. The fourth-order valence-corrected chi connectivity index (χ4v) is 3.53. The second-order valence-electron chi connectivity index (χ2n) is 6.38. The molecule has 0 aromatic carbocycles. The highest BCUT2D eigenvalue weighted by molar-refractivity contribution is 7.13. The lowest BCUT2D eigenvalue weighted by Crippen LogP contribution is -2.37. The normalized spacial score (nSPS) is 20.6. The molecule has 0 amide bonds. The van der Waals surface area contributed by atoms with Gasteiger partial charge in [-0.3, -0.25) is 4.79 Å². The third-order valence-corrected chi connectivity index (χ3v) is 5.20. The summed E-state index contributed by atoms with van der Waals surface area (Å²) < 4.78 is 0. The number of aliphatic carboxylic acids is 1. The summed E-state index contributed by atoms with van der Waals surface area (Å²) in [5, 5.41) is 11.5. The fraction of sp³-hybridized carbons (Fsp3) is 0.714. The molecule has 1 heterocycles. The summed E-state index contributed by atoms with van der Waals surface area (Å²) in [6, 6.07) is -0.540. The quantitative estimate of drug-likeness (QED) is 0.893. The third kappa shape index (κ3) is 3.30. The van der Waals surface area contributed by atoms with Gasteiger partial charge in [0, 0.05) is 18.5 Å². The Morgan fingerprint density at radius 3 is 2.70 bits per heavy atom. The largest absolute Gasteiger partial charge is 0.480 e. The fourth-order valence-electron chi connectivity index (χ4n) is 2.64. The first-order valence-corrected chi connectivity index (χ1v) is 7.85. The molecule has 112 valence electrons. The lowest BCUT2D eigenvalue weighted by atomic mass is 9.75. The molecule has 5 nitrogen and oxygen atoms in total. The Morgan fingerprint density at radius 1 is 1.55 bits per heavy atom. The van der Waals surface area contributed by atoms with E-state index >= 15 is 0 Å². The van der Waals surface area contributed by atoms with Gasteiger partial charge in [-0.25, -0.2) is 4.98 Å². The topological polar surface area (TPSA) is 79.5 Å². The van der Waals surface area contributed by atoms with Gasteiger partial charge in [-0.1, -0.05) is 13.8 Å². The van der Waals surface area contributed by atoms with Gasteiger partial charge in [0.25, 0.3) is 0 Å². The Hall–Kier alpha value is -1.14. The molecule has 0 saturated heterocycles. The molecule has 1 atom stereocenters. The maximum atomic E-state index is 10.9. The monoisotopic (exact) mass is 297 g/mol. The number of hydrogen-bond donors (Lipinski definition) is 2. The molecule has 0 spiro atoms. The number of thiazole rings is 1. The third-order valence-electron chi connectivity index (χ3n) is 4.25. The molecule has 3 N–H and O–H groups in total. The number of carboxylic acid groups (broad SMARTS) is 1. The van der Waals surface area contributed by atoms with Crippen molar-refractivity contribution in [1.29, 1.82) is 0 Å². The predicted octanol–water partition coefficient (Wildman–Crippen LogP) is 2.63. The summed E-state index contributed by atoms with van der Waals surface area (Å²) in [7, 11) is 2.04. The van der Waals surface area contributed by atoms with Crippen molar-refractivity contribution in [3.8, 4) is 0 Å². The second kappa shape index (κ2) is 5.69. The van der Waals surface area contributed by atoms with E-state index in [1.54, 1.807) is 5.38 Å². The van der Waals surface area contributed by atoms with E-state index in [1.165, 1.54) is 24.2 Å². The SMILES string of the molecule is CN(c1nc(C(N)C(=O)O)cs1)C1CCC(C)(C)CC1. The van der Waals surface area contributed by atoms with Crippen LogP contribution in [0.15, 0.2) is 5.38 Å². The van der Waals surface area contributed by atoms with Crippen molar-refractivity contribution in [2.75, 3.05) is 11.9 Å². The van der Waals surface area contributed by atoms with E-state index in [2.05, 4.69) is 23.7 Å². The van der Waals surface area contributed by atoms with Crippen molar-refractivity contribution < 1.29 is 9.90 Å². The molecule has 0 aliphatic heterocycles. The van der Waals surface area contributed by atoms with E-state index in [9.17, 15) is 4.79 Å². The molecule has 1 aromatic heterocycles. The van der Waals surface area contributed by atoms with Crippen LogP contribution in [0.2, 0.25) is 0 Å². The zero-order valence-corrected chi connectivity index (χ0v) is 13.1. The lowest BCUT2D eigenvalue weighted by molar-refractivity contribution is -0.138. The Morgan fingerprint density at radius 2 is 2.15 bits per heavy atom. The highest BCUT2D eigenvalue weighted by atomic mass is 32.1. The van der Waals surface area contributed by atoms with E-state index < -0.39 is 12.0 Å². The summed E-state index contributed by atoms with van der Waals surface area (Å²) >= 11 is 1.47. The van der Waals surface area contributed by atoms with Crippen LogP contribution in [-0.2, 0) is 4.79 Å². The molecular formula is C14H23N3O2S. The van der Waals surface area contributed by atoms with Crippen LogP contribution < -0.4 is 10.6 Å². The van der Waals surface area contributed by atoms with E-state index in [0.29, 0.717) is 17.2 Å². The number of nitrogens with zero attached hydrogens (tertiary/aromatic N) is 2. The molecule has 20 heavy (non-hydrogen) atoms. The van der Waals surface area contributed by atoms with Gasteiger partial charge < -0.3 is 15.7 Å². The van der Waals surface area contributed by atoms with Gasteiger partial charge in [-0.15, -0.1) is 11.3 Å². The van der Waals surface area contributed by atoms with Crippen molar-refractivity contribution in [2.45, 2.75) is 51.6 Å². The number of aromatic nitrogens is 1. The first-order chi connectivity index (χ1) is 9.30. The summed E-state index contributed by atoms with van der Waals surface area (Å²) in [6.07, 6.45) is 4.75. The number of carbonyl (C=O) groups is 1. The van der Waals surface area contributed by atoms with E-state index in [0.717, 1.165) is 18.0 Å². The van der Waals surface area contributed by atoms with Gasteiger partial charge in [0.1, 0.15) is 6.04 Å². The van der Waals surface area contributed by atoms with Gasteiger partial charge in [-0.2, -0.15) is 0 Å². The van der Waals surface area contributed by atoms with Gasteiger partial charge in [0.15, 0.2) is 5.13 Å². The van der Waals surface area contributed by atoms with Crippen molar-refractivity contribution in [1.82, 2.24) is 4.98 Å². The number of hydrogen-bond acceptors (Lipinski definition) is 5. The van der Waals surface area contributed by atoms with Crippen LogP contribution in [-0.4, -0.2) is 29.1 Å². The Kier molecular flexibility index (Phi) is 4.34. The molecule has 1 aliphatic rings. The summed E-state index contributed by atoms with van der Waals surface area (Å²) in [5.74, 6) is -1.04. The zero-order chi connectivity index (χ0) is 14.9. The minimum Gasteiger partial charge on any atom is -0.480 e. The number of nitrogens with two attached hydrogens (primary N) is 1. The summed E-state index contributed by atoms with van der Waals surface area (Å²) in [4.78, 5) is 17.4. The molecule has 6 heteroatoms. The highest BCUT2D eigenvalue weighted by Crippen LogP contribution is 2.38. The van der Waals surface area contributed by atoms with Crippen LogP contribution in [0.1, 0.15) is 51.3 Å². The molecule has 1 unspecified atom stereocenters. The second-order valence-corrected chi connectivity index (χ2v) is 7.21. The van der Waals surface area contributed by atoms with Crippen LogP contribution in [0.3, 0.4) is 0 Å². The molecule has 0 bridgehead atoms. The predicted molar refractivity (Wildman–Crippen MR) is 81.1 cm³/mol. The van der Waals surface area contributed by atoms with Crippen LogP contribution in [0, 0.1) is 5.41 Å². The number of carboxylic acids is 1. The van der Waals surface area contributed by atoms with Crippen LogP contribution in [0.25, 0.3) is 0 Å². The molecule has 1 fully saturated rings. The van der Waals surface area contributed by atoms with Crippen LogP contribution >= 0.6 is 11.3 Å². The van der Waals surface area contributed by atoms with Gasteiger partial charge >= 0.3 is 5.97 Å². The molecule has 0 radical (unpaired) electrons. The van der Waals surface area contributed by atoms with Gasteiger partial charge in [-0.05, 0) is 31.1 Å². The smallest absolute Gasteiger partial charge is 0.326 e. The minimum absolute atomic E-state index is 0.442. The van der Waals surface area contributed by atoms with E-state index in [1.807, 2.05) is 7.05 Å². The average molecular weight is 297 g/mol. The Balaban J connectivity index is 2.03. The molecule has 1 aliphatic carbocycles. The summed E-state index contributed by atoms with van der Waals surface area (Å²) in [6.45, 7) is 4.63. The zero-order valence-electron chi connectivity index (χ0n) is 12.3. The van der Waals surface area contributed by atoms with Crippen LogP contribution in [0.5, 0.6) is 0 Å². The molecular weight excluding hydrogens is 274 g/mol. The first-order valence-electron chi connectivity index (χ1n) is 6.97. The first kappa shape index (κ1) is 15.3. The standard InChI is InChI=1S/C14H23N3O2S/c1-14(2)6-4-9(5-7-14)17(3)13-16-10(8-20-13)11(15)12(18)19/h8-9,11H,4-7,15H2,1-3H3,(H,18,19). The average Bonchev–Trinajstić information content (AvgIpc) is 2.86.